The van der Waals surface area contributed by atoms with Gasteiger partial charge < -0.3 is 15.4 Å². The first-order chi connectivity index (χ1) is 13.0. The third-order valence-corrected chi connectivity index (χ3v) is 4.00. The Morgan fingerprint density at radius 1 is 0.926 bits per heavy atom. The highest BCUT2D eigenvalue weighted by molar-refractivity contribution is 5.94. The van der Waals surface area contributed by atoms with Crippen LogP contribution in [-0.2, 0) is 22.7 Å². The Morgan fingerprint density at radius 2 is 1.59 bits per heavy atom. The van der Waals surface area contributed by atoms with E-state index in [4.69, 9.17) is 4.74 Å². The molecule has 0 atom stereocenters. The molecule has 2 aromatic carbocycles. The van der Waals surface area contributed by atoms with Crippen LogP contribution < -0.4 is 10.6 Å². The molecule has 0 aliphatic rings. The van der Waals surface area contributed by atoms with E-state index in [1.165, 1.54) is 0 Å². The molecule has 0 saturated heterocycles. The minimum Gasteiger partial charge on any atom is -0.374 e. The SMILES string of the molecule is CC(C)OCc1ccc(CNC(=O)CCCNC(=O)c2ccccc2)cc1. The Kier molecular flexibility index (Phi) is 8.52. The molecule has 0 saturated carbocycles. The number of nitrogens with one attached hydrogen (secondary N) is 2. The van der Waals surface area contributed by atoms with E-state index in [9.17, 15) is 9.59 Å². The van der Waals surface area contributed by atoms with E-state index in [1.807, 2.05) is 56.3 Å². The molecule has 5 nitrogen and oxygen atoms in total. The summed E-state index contributed by atoms with van der Waals surface area (Å²) in [6.07, 6.45) is 1.20. The zero-order valence-electron chi connectivity index (χ0n) is 16.0. The number of amides is 2. The average molecular weight is 368 g/mol. The topological polar surface area (TPSA) is 67.4 Å². The second-order valence-electron chi connectivity index (χ2n) is 6.68. The van der Waals surface area contributed by atoms with E-state index in [-0.39, 0.29) is 17.9 Å². The van der Waals surface area contributed by atoms with Crippen LogP contribution in [0.3, 0.4) is 0 Å². The summed E-state index contributed by atoms with van der Waals surface area (Å²) in [5.74, 6) is -0.131. The van der Waals surface area contributed by atoms with Crippen molar-refractivity contribution in [1.29, 1.82) is 0 Å². The Morgan fingerprint density at radius 3 is 2.26 bits per heavy atom. The largest absolute Gasteiger partial charge is 0.374 e. The predicted octanol–water partition coefficient (Wildman–Crippen LogP) is 3.44. The molecule has 2 N–H and O–H groups in total. The van der Waals surface area contributed by atoms with E-state index in [0.29, 0.717) is 38.1 Å². The van der Waals surface area contributed by atoms with Gasteiger partial charge in [-0.25, -0.2) is 0 Å². The fraction of sp³-hybridized carbons (Fsp3) is 0.364. The highest BCUT2D eigenvalue weighted by atomic mass is 16.5. The number of benzene rings is 2. The van der Waals surface area contributed by atoms with Gasteiger partial charge in [0.25, 0.3) is 5.91 Å². The molecule has 2 aromatic rings. The molecular weight excluding hydrogens is 340 g/mol. The van der Waals surface area contributed by atoms with Crippen LogP contribution in [0.15, 0.2) is 54.6 Å². The molecule has 0 aliphatic carbocycles. The van der Waals surface area contributed by atoms with Crippen LogP contribution in [-0.4, -0.2) is 24.5 Å². The minimum atomic E-state index is -0.113. The smallest absolute Gasteiger partial charge is 0.251 e. The maximum atomic E-state index is 11.9. The summed E-state index contributed by atoms with van der Waals surface area (Å²) in [6, 6.07) is 17.1. The molecular formula is C22H28N2O3. The van der Waals surface area contributed by atoms with Crippen molar-refractivity contribution in [3.8, 4) is 0 Å². The zero-order valence-corrected chi connectivity index (χ0v) is 16.0. The quantitative estimate of drug-likeness (QED) is 0.631. The lowest BCUT2D eigenvalue weighted by Gasteiger charge is -2.09. The van der Waals surface area contributed by atoms with Crippen molar-refractivity contribution in [2.45, 2.75) is 45.9 Å². The van der Waals surface area contributed by atoms with E-state index in [0.717, 1.165) is 11.1 Å². The molecule has 0 fully saturated rings. The summed E-state index contributed by atoms with van der Waals surface area (Å²) in [5, 5.41) is 5.73. The van der Waals surface area contributed by atoms with Crippen LogP contribution in [0, 0.1) is 0 Å². The van der Waals surface area contributed by atoms with E-state index in [2.05, 4.69) is 10.6 Å². The summed E-state index contributed by atoms with van der Waals surface area (Å²) in [7, 11) is 0. The summed E-state index contributed by atoms with van der Waals surface area (Å²) in [5.41, 5.74) is 2.80. The first kappa shape index (κ1) is 20.6. The van der Waals surface area contributed by atoms with Crippen molar-refractivity contribution >= 4 is 11.8 Å². The van der Waals surface area contributed by atoms with E-state index < -0.39 is 0 Å². The summed E-state index contributed by atoms with van der Waals surface area (Å²) < 4.78 is 5.57. The number of carbonyl (C=O) groups is 2. The van der Waals surface area contributed by atoms with Crippen molar-refractivity contribution in [3.05, 3.63) is 71.3 Å². The lowest BCUT2D eigenvalue weighted by atomic mass is 10.1. The van der Waals surface area contributed by atoms with Gasteiger partial charge in [0, 0.05) is 25.1 Å². The first-order valence-electron chi connectivity index (χ1n) is 9.34. The molecule has 2 amide bonds. The molecule has 144 valence electrons. The lowest BCUT2D eigenvalue weighted by molar-refractivity contribution is -0.121. The number of ether oxygens (including phenoxy) is 1. The third-order valence-electron chi connectivity index (χ3n) is 4.00. The van der Waals surface area contributed by atoms with Crippen LogP contribution in [0.2, 0.25) is 0 Å². The average Bonchev–Trinajstić information content (AvgIpc) is 2.69. The number of rotatable bonds is 10. The molecule has 2 rings (SSSR count). The lowest BCUT2D eigenvalue weighted by Crippen LogP contribution is -2.27. The molecule has 5 heteroatoms. The number of hydrogen-bond acceptors (Lipinski definition) is 3. The molecule has 0 spiro atoms. The van der Waals surface area contributed by atoms with Gasteiger partial charge >= 0.3 is 0 Å². The molecule has 0 radical (unpaired) electrons. The van der Waals surface area contributed by atoms with E-state index in [1.54, 1.807) is 12.1 Å². The monoisotopic (exact) mass is 368 g/mol. The van der Waals surface area contributed by atoms with Gasteiger partial charge in [-0.15, -0.1) is 0 Å². The Bertz CT molecular complexity index is 712. The van der Waals surface area contributed by atoms with Crippen LogP contribution >= 0.6 is 0 Å². The zero-order chi connectivity index (χ0) is 19.5. The van der Waals surface area contributed by atoms with Gasteiger partial charge in [-0.05, 0) is 43.5 Å². The molecule has 0 bridgehead atoms. The maximum absolute atomic E-state index is 11.9. The van der Waals surface area contributed by atoms with Crippen molar-refractivity contribution in [1.82, 2.24) is 10.6 Å². The fourth-order valence-electron chi connectivity index (χ4n) is 2.45. The van der Waals surface area contributed by atoms with Crippen LogP contribution in [0.25, 0.3) is 0 Å². The number of carbonyl (C=O) groups excluding carboxylic acids is 2. The van der Waals surface area contributed by atoms with E-state index >= 15 is 0 Å². The Balaban J connectivity index is 1.61. The van der Waals surface area contributed by atoms with Crippen molar-refractivity contribution in [3.63, 3.8) is 0 Å². The predicted molar refractivity (Wildman–Crippen MR) is 106 cm³/mol. The Hall–Kier alpha value is -2.66. The minimum absolute atomic E-state index is 0.0174. The van der Waals surface area contributed by atoms with Crippen LogP contribution in [0.1, 0.15) is 48.2 Å². The van der Waals surface area contributed by atoms with Gasteiger partial charge in [-0.1, -0.05) is 42.5 Å². The fourth-order valence-corrected chi connectivity index (χ4v) is 2.45. The first-order valence-corrected chi connectivity index (χ1v) is 9.34. The Labute approximate surface area is 161 Å². The van der Waals surface area contributed by atoms with Crippen LogP contribution in [0.5, 0.6) is 0 Å². The highest BCUT2D eigenvalue weighted by Crippen LogP contribution is 2.07. The van der Waals surface area contributed by atoms with Crippen LogP contribution in [0.4, 0.5) is 0 Å². The van der Waals surface area contributed by atoms with Crippen molar-refractivity contribution in [2.24, 2.45) is 0 Å². The standard InChI is InChI=1S/C22H28N2O3/c1-17(2)27-16-19-12-10-18(11-13-19)15-24-21(25)9-6-14-23-22(26)20-7-4-3-5-8-20/h3-5,7-8,10-13,17H,6,9,14-16H2,1-2H3,(H,23,26)(H,24,25). The maximum Gasteiger partial charge on any atom is 0.251 e. The van der Waals surface area contributed by atoms with Gasteiger partial charge in [-0.2, -0.15) is 0 Å². The van der Waals surface area contributed by atoms with Crippen molar-refractivity contribution < 1.29 is 14.3 Å². The summed E-state index contributed by atoms with van der Waals surface area (Å²) in [4.78, 5) is 23.8. The molecule has 0 aromatic heterocycles. The third kappa shape index (κ3) is 8.05. The second-order valence-corrected chi connectivity index (χ2v) is 6.68. The van der Waals surface area contributed by atoms with Gasteiger partial charge in [0.1, 0.15) is 0 Å². The van der Waals surface area contributed by atoms with Crippen molar-refractivity contribution in [2.75, 3.05) is 6.54 Å². The summed E-state index contributed by atoms with van der Waals surface area (Å²) >= 11 is 0. The van der Waals surface area contributed by atoms with Gasteiger partial charge in [0.05, 0.1) is 12.7 Å². The van der Waals surface area contributed by atoms with Gasteiger partial charge in [0.15, 0.2) is 0 Å². The molecule has 0 unspecified atom stereocenters. The number of hydrogen-bond donors (Lipinski definition) is 2. The normalized spacial score (nSPS) is 10.6. The molecule has 0 aliphatic heterocycles. The molecule has 0 heterocycles. The highest BCUT2D eigenvalue weighted by Gasteiger charge is 2.05. The van der Waals surface area contributed by atoms with Gasteiger partial charge in [0.2, 0.25) is 5.91 Å². The second kappa shape index (κ2) is 11.1. The van der Waals surface area contributed by atoms with Gasteiger partial charge in [-0.3, -0.25) is 9.59 Å². The molecule has 27 heavy (non-hydrogen) atoms. The summed E-state index contributed by atoms with van der Waals surface area (Å²) in [6.45, 7) is 5.60.